The van der Waals surface area contributed by atoms with Crippen molar-refractivity contribution in [1.82, 2.24) is 0 Å². The van der Waals surface area contributed by atoms with Crippen LogP contribution in [0.25, 0.3) is 10.8 Å². The highest BCUT2D eigenvalue weighted by Crippen LogP contribution is 2.49. The lowest BCUT2D eigenvalue weighted by Gasteiger charge is -2.42. The van der Waals surface area contributed by atoms with Crippen molar-refractivity contribution in [2.45, 2.75) is 83.7 Å². The predicted octanol–water partition coefficient (Wildman–Crippen LogP) is 8.74. The number of fused-ring (bicyclic) bond motifs is 2. The molecule has 0 aromatic heterocycles. The van der Waals surface area contributed by atoms with E-state index in [1.54, 1.807) is 6.07 Å². The molecule has 2 fully saturated rings. The van der Waals surface area contributed by atoms with E-state index in [0.29, 0.717) is 5.92 Å². The third-order valence-electron chi connectivity index (χ3n) is 7.68. The van der Waals surface area contributed by atoms with Crippen molar-refractivity contribution in [3.63, 3.8) is 0 Å². The third kappa shape index (κ3) is 4.89. The zero-order valence-electron chi connectivity index (χ0n) is 18.5. The second-order valence-corrected chi connectivity index (χ2v) is 9.69. The standard InChI is InChI=1S/C26H31F5O/c1-2-3-4-5-15-6-7-17-11-18(9-8-16(17)10-15)19-12-20-14-22(28)25(32-26(30)31)24(29)23(20)21(27)13-19/h12-18,26H,2-11H2,1H3. The Labute approximate surface area is 186 Å². The highest BCUT2D eigenvalue weighted by atomic mass is 19.3. The molecule has 4 unspecified atom stereocenters. The summed E-state index contributed by atoms with van der Waals surface area (Å²) in [5.41, 5.74) is 0.736. The molecule has 2 aromatic rings. The average Bonchev–Trinajstić information content (AvgIpc) is 2.75. The first-order valence-corrected chi connectivity index (χ1v) is 11.9. The summed E-state index contributed by atoms with van der Waals surface area (Å²) in [6.45, 7) is -1.16. The van der Waals surface area contributed by atoms with Crippen LogP contribution in [0.15, 0.2) is 18.2 Å². The topological polar surface area (TPSA) is 9.23 Å². The maximum absolute atomic E-state index is 14.8. The Morgan fingerprint density at radius 2 is 1.66 bits per heavy atom. The van der Waals surface area contributed by atoms with Crippen molar-refractivity contribution in [3.05, 3.63) is 41.2 Å². The molecule has 0 amide bonds. The molecule has 0 aliphatic heterocycles. The number of benzene rings is 2. The van der Waals surface area contributed by atoms with Gasteiger partial charge in [-0.05, 0) is 78.9 Å². The largest absolute Gasteiger partial charge is 0.429 e. The summed E-state index contributed by atoms with van der Waals surface area (Å²) in [6, 6.07) is 3.78. The molecule has 2 aliphatic carbocycles. The van der Waals surface area contributed by atoms with E-state index < -0.39 is 35.2 Å². The van der Waals surface area contributed by atoms with E-state index >= 15 is 0 Å². The van der Waals surface area contributed by atoms with E-state index in [1.807, 2.05) is 0 Å². The number of halogens is 5. The van der Waals surface area contributed by atoms with Gasteiger partial charge < -0.3 is 4.74 Å². The van der Waals surface area contributed by atoms with Crippen LogP contribution in [0.3, 0.4) is 0 Å². The molecule has 0 N–H and O–H groups in total. The highest BCUT2D eigenvalue weighted by Gasteiger charge is 2.36. The summed E-state index contributed by atoms with van der Waals surface area (Å²) >= 11 is 0. The molecule has 32 heavy (non-hydrogen) atoms. The van der Waals surface area contributed by atoms with E-state index in [9.17, 15) is 22.0 Å². The van der Waals surface area contributed by atoms with Crippen LogP contribution in [-0.2, 0) is 0 Å². The Morgan fingerprint density at radius 3 is 2.41 bits per heavy atom. The average molecular weight is 455 g/mol. The molecular formula is C26H31F5O. The fraction of sp³-hybridized carbons (Fsp3) is 0.615. The summed E-state index contributed by atoms with van der Waals surface area (Å²) in [7, 11) is 0. The lowest BCUT2D eigenvalue weighted by molar-refractivity contribution is -0.0544. The zero-order valence-corrected chi connectivity index (χ0v) is 18.5. The molecule has 0 saturated heterocycles. The van der Waals surface area contributed by atoms with Crippen LogP contribution >= 0.6 is 0 Å². The summed E-state index contributed by atoms with van der Waals surface area (Å²) < 4.78 is 72.5. The number of unbranched alkanes of at least 4 members (excludes halogenated alkanes) is 2. The van der Waals surface area contributed by atoms with Gasteiger partial charge in [0.1, 0.15) is 5.82 Å². The lowest BCUT2D eigenvalue weighted by Crippen LogP contribution is -2.30. The second-order valence-electron chi connectivity index (χ2n) is 9.69. The Balaban J connectivity index is 1.50. The minimum absolute atomic E-state index is 0.0402. The smallest absolute Gasteiger partial charge is 0.387 e. The first-order chi connectivity index (χ1) is 15.4. The molecule has 0 radical (unpaired) electrons. The number of ether oxygens (including phenoxy) is 1. The SMILES string of the molecule is CCCCCC1CCC2CC(c3cc(F)c4c(F)c(OC(F)F)c(F)cc4c3)CCC2C1. The van der Waals surface area contributed by atoms with Crippen LogP contribution in [-0.4, -0.2) is 6.61 Å². The normalized spacial score (nSPS) is 25.8. The van der Waals surface area contributed by atoms with Crippen molar-refractivity contribution in [2.75, 3.05) is 0 Å². The van der Waals surface area contributed by atoms with Crippen molar-refractivity contribution >= 4 is 10.8 Å². The van der Waals surface area contributed by atoms with Gasteiger partial charge in [-0.15, -0.1) is 0 Å². The molecule has 2 aliphatic rings. The predicted molar refractivity (Wildman–Crippen MR) is 116 cm³/mol. The Bertz CT molecular complexity index is 944. The van der Waals surface area contributed by atoms with Gasteiger partial charge >= 0.3 is 6.61 Å². The first kappa shape index (κ1) is 23.3. The maximum atomic E-state index is 14.8. The molecule has 4 atom stereocenters. The summed E-state index contributed by atoms with van der Waals surface area (Å²) in [6.07, 6.45) is 11.9. The maximum Gasteiger partial charge on any atom is 0.387 e. The Morgan fingerprint density at radius 1 is 0.906 bits per heavy atom. The fourth-order valence-electron chi connectivity index (χ4n) is 6.08. The van der Waals surface area contributed by atoms with Crippen LogP contribution in [0.2, 0.25) is 0 Å². The molecule has 6 heteroatoms. The van der Waals surface area contributed by atoms with Gasteiger partial charge in [-0.2, -0.15) is 8.78 Å². The van der Waals surface area contributed by atoms with Crippen LogP contribution < -0.4 is 4.74 Å². The minimum Gasteiger partial charge on any atom is -0.429 e. The molecular weight excluding hydrogens is 423 g/mol. The lowest BCUT2D eigenvalue weighted by atomic mass is 9.63. The summed E-state index contributed by atoms with van der Waals surface area (Å²) in [5.74, 6) is -2.47. The monoisotopic (exact) mass is 454 g/mol. The van der Waals surface area contributed by atoms with Crippen molar-refractivity contribution < 1.29 is 26.7 Å². The molecule has 4 rings (SSSR count). The van der Waals surface area contributed by atoms with E-state index in [1.165, 1.54) is 51.0 Å². The van der Waals surface area contributed by atoms with E-state index in [2.05, 4.69) is 11.7 Å². The van der Waals surface area contributed by atoms with Gasteiger partial charge in [-0.1, -0.05) is 45.1 Å². The third-order valence-corrected chi connectivity index (χ3v) is 7.68. The fourth-order valence-corrected chi connectivity index (χ4v) is 6.08. The van der Waals surface area contributed by atoms with Crippen molar-refractivity contribution in [1.29, 1.82) is 0 Å². The van der Waals surface area contributed by atoms with Crippen molar-refractivity contribution in [2.24, 2.45) is 17.8 Å². The highest BCUT2D eigenvalue weighted by molar-refractivity contribution is 5.86. The molecule has 176 valence electrons. The van der Waals surface area contributed by atoms with Gasteiger partial charge in [0, 0.05) is 0 Å². The molecule has 2 saturated carbocycles. The zero-order chi connectivity index (χ0) is 22.8. The van der Waals surface area contributed by atoms with E-state index in [4.69, 9.17) is 0 Å². The van der Waals surface area contributed by atoms with E-state index in [0.717, 1.165) is 42.7 Å². The molecule has 2 aromatic carbocycles. The Hall–Kier alpha value is -1.85. The van der Waals surface area contributed by atoms with E-state index in [-0.39, 0.29) is 11.3 Å². The van der Waals surface area contributed by atoms with Gasteiger partial charge in [0.2, 0.25) is 0 Å². The second kappa shape index (κ2) is 9.96. The minimum atomic E-state index is -3.39. The number of hydrogen-bond donors (Lipinski definition) is 0. The molecule has 0 spiro atoms. The summed E-state index contributed by atoms with van der Waals surface area (Å²) in [5, 5.41) is -0.467. The summed E-state index contributed by atoms with van der Waals surface area (Å²) in [4.78, 5) is 0. The van der Waals surface area contributed by atoms with Crippen LogP contribution in [0.5, 0.6) is 5.75 Å². The number of hydrogen-bond acceptors (Lipinski definition) is 1. The van der Waals surface area contributed by atoms with Crippen LogP contribution in [0.4, 0.5) is 22.0 Å². The first-order valence-electron chi connectivity index (χ1n) is 11.9. The van der Waals surface area contributed by atoms with Gasteiger partial charge in [-0.25, -0.2) is 13.2 Å². The molecule has 0 bridgehead atoms. The van der Waals surface area contributed by atoms with Crippen LogP contribution in [0.1, 0.15) is 82.6 Å². The number of rotatable bonds is 7. The van der Waals surface area contributed by atoms with Gasteiger partial charge in [0.15, 0.2) is 17.4 Å². The molecule has 0 heterocycles. The Kier molecular flexibility index (Phi) is 7.26. The van der Waals surface area contributed by atoms with Gasteiger partial charge in [-0.3, -0.25) is 0 Å². The van der Waals surface area contributed by atoms with Gasteiger partial charge in [0.05, 0.1) is 5.39 Å². The quantitative estimate of drug-likeness (QED) is 0.300. The molecule has 1 nitrogen and oxygen atoms in total. The number of alkyl halides is 2. The van der Waals surface area contributed by atoms with Gasteiger partial charge in [0.25, 0.3) is 0 Å². The van der Waals surface area contributed by atoms with Crippen LogP contribution in [0, 0.1) is 35.2 Å². The van der Waals surface area contributed by atoms with Crippen molar-refractivity contribution in [3.8, 4) is 5.75 Å².